The van der Waals surface area contributed by atoms with Crippen LogP contribution >= 0.6 is 7.82 Å². The van der Waals surface area contributed by atoms with Gasteiger partial charge in [-0.25, -0.2) is 4.57 Å². The summed E-state index contributed by atoms with van der Waals surface area (Å²) in [6, 6.07) is 26.8. The van der Waals surface area contributed by atoms with Gasteiger partial charge in [0.2, 0.25) is 5.91 Å². The Morgan fingerprint density at radius 3 is 1.65 bits per heavy atom. The van der Waals surface area contributed by atoms with Gasteiger partial charge in [-0.3, -0.25) is 14.1 Å². The molecule has 81 heavy (non-hydrogen) atoms. The van der Waals surface area contributed by atoms with Crippen LogP contribution in [0.25, 0.3) is 0 Å². The highest BCUT2D eigenvalue weighted by Crippen LogP contribution is 2.53. The van der Waals surface area contributed by atoms with Gasteiger partial charge in [-0.1, -0.05) is 243 Å². The molecule has 0 aliphatic carbocycles. The van der Waals surface area contributed by atoms with Gasteiger partial charge in [-0.2, -0.15) is 0 Å². The lowest BCUT2D eigenvalue weighted by molar-refractivity contribution is -0.273. The van der Waals surface area contributed by atoms with Crippen LogP contribution in [0, 0.1) is 0 Å². The number of unbranched alkanes of at least 4 members (excludes halogenated alkanes) is 18. The number of phosphoric acid groups is 1. The average Bonchev–Trinajstić information content (AvgIpc) is 3.42. The second-order valence-electron chi connectivity index (χ2n) is 25.0. The molecule has 1 saturated heterocycles. The maximum atomic E-state index is 15.6. The number of ether oxygens (including phenoxy) is 5. The molecule has 0 bridgehead atoms. The molecular weight excluding hydrogens is 1070 g/mol. The minimum absolute atomic E-state index is 0.0414. The summed E-state index contributed by atoms with van der Waals surface area (Å²) in [5, 5.41) is 3.01. The van der Waals surface area contributed by atoms with Crippen molar-refractivity contribution in [2.24, 2.45) is 0 Å². The number of esters is 1. The lowest BCUT2D eigenvalue weighted by Gasteiger charge is -2.47. The summed E-state index contributed by atoms with van der Waals surface area (Å²) >= 11 is 0. The second kappa shape index (κ2) is 38.5. The maximum Gasteiger partial charge on any atom is 0.588 e. The van der Waals surface area contributed by atoms with Gasteiger partial charge >= 0.3 is 13.8 Å². The van der Waals surface area contributed by atoms with E-state index in [1.165, 1.54) is 83.5 Å². The van der Waals surface area contributed by atoms with E-state index in [4.69, 9.17) is 41.7 Å². The van der Waals surface area contributed by atoms with Crippen LogP contribution in [0.3, 0.4) is 0 Å². The molecule has 0 spiro atoms. The highest BCUT2D eigenvalue weighted by atomic mass is 31.2. The summed E-state index contributed by atoms with van der Waals surface area (Å²) in [6.07, 6.45) is 18.1. The zero-order valence-electron chi connectivity index (χ0n) is 51.8. The fourth-order valence-electron chi connectivity index (χ4n) is 9.39. The van der Waals surface area contributed by atoms with Crippen molar-refractivity contribution in [3.8, 4) is 11.5 Å². The molecule has 16 heteroatoms. The van der Waals surface area contributed by atoms with Crippen LogP contribution in [0.2, 0.25) is 43.8 Å². The Kier molecular flexibility index (Phi) is 33.4. The van der Waals surface area contributed by atoms with E-state index in [0.717, 1.165) is 50.1 Å². The van der Waals surface area contributed by atoms with E-state index in [-0.39, 0.29) is 55.3 Å². The first-order valence-corrected chi connectivity index (χ1v) is 39.3. The summed E-state index contributed by atoms with van der Waals surface area (Å²) in [5.41, 5.74) is 0.869. The lowest BCUT2D eigenvalue weighted by Crippen LogP contribution is -2.66. The number of para-hydroxylation sites is 2. The Morgan fingerprint density at radius 1 is 0.654 bits per heavy atom. The summed E-state index contributed by atoms with van der Waals surface area (Å²) in [4.78, 5) is 29.5. The number of carbonyl (C=O) groups excluding carboxylic acids is 2. The minimum atomic E-state index is -4.73. The first-order chi connectivity index (χ1) is 38.8. The largest absolute Gasteiger partial charge is 0.588 e. The highest BCUT2D eigenvalue weighted by Gasteiger charge is 2.55. The van der Waals surface area contributed by atoms with Gasteiger partial charge in [0.25, 0.3) is 0 Å². The van der Waals surface area contributed by atoms with E-state index in [2.05, 4.69) is 72.7 Å². The van der Waals surface area contributed by atoms with Crippen LogP contribution in [0.15, 0.2) is 91.0 Å². The van der Waals surface area contributed by atoms with Gasteiger partial charge in [0.1, 0.15) is 36.5 Å². The minimum Gasteiger partial charge on any atom is -0.457 e. The monoisotopic (exact) mass is 1180 g/mol. The van der Waals surface area contributed by atoms with Crippen molar-refractivity contribution in [3.63, 3.8) is 0 Å². The Labute approximate surface area is 492 Å². The molecule has 1 aliphatic rings. The van der Waals surface area contributed by atoms with Crippen molar-refractivity contribution in [2.45, 2.75) is 269 Å². The van der Waals surface area contributed by atoms with Gasteiger partial charge in [-0.15, -0.1) is 0 Å². The van der Waals surface area contributed by atoms with Gasteiger partial charge in [0.05, 0.1) is 25.7 Å². The van der Waals surface area contributed by atoms with Crippen LogP contribution in [0.5, 0.6) is 11.5 Å². The van der Waals surface area contributed by atoms with Crippen molar-refractivity contribution in [2.75, 3.05) is 20.0 Å². The van der Waals surface area contributed by atoms with Crippen LogP contribution in [-0.4, -0.2) is 85.0 Å². The lowest BCUT2D eigenvalue weighted by atomic mass is 9.96. The fourth-order valence-corrected chi connectivity index (χ4v) is 12.6. The number of amides is 1. The molecule has 0 saturated carbocycles. The molecule has 458 valence electrons. The third kappa shape index (κ3) is 29.3. The van der Waals surface area contributed by atoms with Crippen LogP contribution in [-0.2, 0) is 53.4 Å². The van der Waals surface area contributed by atoms with Gasteiger partial charge in [0, 0.05) is 21.1 Å². The zero-order chi connectivity index (χ0) is 58.8. The molecule has 6 atom stereocenters. The van der Waals surface area contributed by atoms with Crippen LogP contribution in [0.4, 0.5) is 0 Å². The number of hydrogen-bond donors (Lipinski definition) is 1. The molecule has 0 unspecified atom stereocenters. The second-order valence-corrected chi connectivity index (χ2v) is 36.9. The molecule has 3 aromatic carbocycles. The maximum absolute atomic E-state index is 15.6. The van der Waals surface area contributed by atoms with Crippen molar-refractivity contribution < 1.29 is 55.8 Å². The first kappa shape index (κ1) is 70.1. The van der Waals surface area contributed by atoms with Gasteiger partial charge in [-0.05, 0) is 66.8 Å². The molecule has 1 fully saturated rings. The summed E-state index contributed by atoms with van der Waals surface area (Å²) in [7, 11) is -8.61. The predicted octanol–water partition coefficient (Wildman–Crippen LogP) is 17.7. The number of nitrogens with one attached hydrogen (secondary N) is 1. The highest BCUT2D eigenvalue weighted by molar-refractivity contribution is 7.49. The molecule has 1 heterocycles. The van der Waals surface area contributed by atoms with E-state index >= 15 is 9.36 Å². The fraction of sp³-hybridized carbons (Fsp3) is 0.692. The molecule has 3 aromatic rings. The molecule has 13 nitrogen and oxygen atoms in total. The molecule has 0 radical (unpaired) electrons. The zero-order valence-corrected chi connectivity index (χ0v) is 54.7. The Balaban J connectivity index is 1.75. The third-order valence-corrected chi connectivity index (χ3v) is 23.1. The number of benzene rings is 3. The van der Waals surface area contributed by atoms with E-state index < -0.39 is 66.9 Å². The Bertz CT molecular complexity index is 2120. The van der Waals surface area contributed by atoms with Gasteiger partial charge in [0.15, 0.2) is 20.7 Å². The molecule has 0 aromatic heterocycles. The quantitative estimate of drug-likeness (QED) is 0.0189. The molecule has 4 rings (SSSR count). The van der Waals surface area contributed by atoms with Crippen LogP contribution in [0.1, 0.15) is 188 Å². The first-order valence-electron chi connectivity index (χ1n) is 31.2. The normalized spacial score (nSPS) is 18.3. The summed E-state index contributed by atoms with van der Waals surface area (Å²) < 4.78 is 74.7. The van der Waals surface area contributed by atoms with Crippen molar-refractivity contribution in [3.05, 3.63) is 96.6 Å². The van der Waals surface area contributed by atoms with Crippen molar-refractivity contribution in [1.82, 2.24) is 5.32 Å². The van der Waals surface area contributed by atoms with Gasteiger partial charge < -0.3 is 42.5 Å². The standard InChI is InChI=1S/C65H108NO12PSi2/c1-11-13-15-17-19-21-22-24-26-28-39-47-59(67)66-61-63(75-60(68)50-57(72-53-70-48-49-80(6,7)8)46-34-27-25-23-20-18-16-14-12-2)62(78-79(69,76-55-42-35-30-36-43-55)77-56-44-37-31-38-45-56)58(52-73-81(9,10)65(3,4)5)74-64(61)71-51-54-40-32-29-33-41-54/h29-33,35-38,40-45,57-58,61-64H,11-28,34,39,46-53H2,1-10H3,(H,66,67)/t57-,58-,61-,62-,63-,64-/m1/s1. The van der Waals surface area contributed by atoms with E-state index in [0.29, 0.717) is 19.4 Å². The van der Waals surface area contributed by atoms with Crippen LogP contribution < -0.4 is 14.4 Å². The SMILES string of the molecule is CCCCCCCCCCCCCC(=O)N[C@H]1[C@H](OCc2ccccc2)O[C@H](CO[Si](C)(C)C(C)(C)C)[C@@H](OP(=O)(Oc2ccccc2)Oc2ccccc2)[C@@H]1OC(=O)C[C@@H](CCCCCCCCCCC)OCOCC[Si](C)(C)C. The third-order valence-electron chi connectivity index (χ3n) is 15.5. The Hall–Kier alpha value is -3.38. The summed E-state index contributed by atoms with van der Waals surface area (Å²) in [5.74, 6) is -0.423. The van der Waals surface area contributed by atoms with E-state index in [1.54, 1.807) is 48.5 Å². The number of rotatable bonds is 44. The number of hydrogen-bond acceptors (Lipinski definition) is 12. The predicted molar refractivity (Wildman–Crippen MR) is 333 cm³/mol. The smallest absolute Gasteiger partial charge is 0.457 e. The molecule has 1 N–H and O–H groups in total. The number of phosphoric ester groups is 1. The molecule has 1 amide bonds. The summed E-state index contributed by atoms with van der Waals surface area (Å²) in [6.45, 7) is 22.8. The average molecular weight is 1180 g/mol. The van der Waals surface area contributed by atoms with Crippen molar-refractivity contribution >= 4 is 36.1 Å². The molecule has 1 aliphatic heterocycles. The van der Waals surface area contributed by atoms with E-state index in [9.17, 15) is 4.79 Å². The Morgan fingerprint density at radius 2 is 1.15 bits per heavy atom. The van der Waals surface area contributed by atoms with Crippen molar-refractivity contribution in [1.29, 1.82) is 0 Å². The topological polar surface area (TPSA) is 146 Å². The van der Waals surface area contributed by atoms with E-state index in [1.807, 2.05) is 42.5 Å². The number of carbonyl (C=O) groups is 2. The molecular formula is C65H108NO12PSi2.